The van der Waals surface area contributed by atoms with Crippen molar-refractivity contribution in [2.75, 3.05) is 0 Å². The topological polar surface area (TPSA) is 63.3 Å². The molecule has 0 amide bonds. The number of carboxylic acid groups (broad SMARTS) is 1. The fraction of sp³-hybridized carbons (Fsp3) is 0.750. The molecule has 2 aliphatic carbocycles. The average Bonchev–Trinajstić information content (AvgIpc) is 3.07. The summed E-state index contributed by atoms with van der Waals surface area (Å²) in [5.74, 6) is 0.971. The third-order valence-electron chi connectivity index (χ3n) is 5.01. The molecule has 2 aliphatic rings. The largest absolute Gasteiger partial charge is 0.477 e. The first-order valence-corrected chi connectivity index (χ1v) is 7.89. The minimum atomic E-state index is -0.860. The van der Waals surface area contributed by atoms with E-state index in [2.05, 4.69) is 12.1 Å². The molecule has 20 heavy (non-hydrogen) atoms. The SMILES string of the molecule is CC1CCCC(c2noc(C3CCCC3)c2C(=O)O)C1. The van der Waals surface area contributed by atoms with Gasteiger partial charge in [0, 0.05) is 11.8 Å². The molecular weight excluding hydrogens is 254 g/mol. The second-order valence-corrected chi connectivity index (χ2v) is 6.56. The van der Waals surface area contributed by atoms with E-state index >= 15 is 0 Å². The Bertz CT molecular complexity index is 488. The summed E-state index contributed by atoms with van der Waals surface area (Å²) >= 11 is 0. The van der Waals surface area contributed by atoms with E-state index in [9.17, 15) is 9.90 Å². The van der Waals surface area contributed by atoms with Crippen molar-refractivity contribution in [2.24, 2.45) is 5.92 Å². The van der Waals surface area contributed by atoms with E-state index in [-0.39, 0.29) is 11.8 Å². The van der Waals surface area contributed by atoms with Crippen molar-refractivity contribution in [2.45, 2.75) is 70.1 Å². The molecule has 0 spiro atoms. The maximum Gasteiger partial charge on any atom is 0.341 e. The lowest BCUT2D eigenvalue weighted by atomic mass is 9.79. The third kappa shape index (κ3) is 2.48. The maximum absolute atomic E-state index is 11.7. The van der Waals surface area contributed by atoms with Crippen LogP contribution in [0, 0.1) is 5.92 Å². The molecular formula is C16H23NO3. The summed E-state index contributed by atoms with van der Waals surface area (Å²) in [5, 5.41) is 13.8. The third-order valence-corrected chi connectivity index (χ3v) is 5.01. The second-order valence-electron chi connectivity index (χ2n) is 6.56. The number of carboxylic acids is 1. The van der Waals surface area contributed by atoms with Crippen molar-refractivity contribution in [3.63, 3.8) is 0 Å². The van der Waals surface area contributed by atoms with E-state index < -0.39 is 5.97 Å². The van der Waals surface area contributed by atoms with Crippen LogP contribution in [0.4, 0.5) is 0 Å². The molecule has 0 aliphatic heterocycles. The number of hydrogen-bond donors (Lipinski definition) is 1. The molecule has 2 saturated carbocycles. The highest BCUT2D eigenvalue weighted by Gasteiger charge is 2.34. The minimum absolute atomic E-state index is 0.267. The van der Waals surface area contributed by atoms with Crippen LogP contribution in [0.15, 0.2) is 4.52 Å². The van der Waals surface area contributed by atoms with E-state index in [1.807, 2.05) is 0 Å². The number of aromatic carboxylic acids is 1. The molecule has 0 saturated heterocycles. The molecule has 2 unspecified atom stereocenters. The van der Waals surface area contributed by atoms with Crippen molar-refractivity contribution >= 4 is 5.97 Å². The van der Waals surface area contributed by atoms with Gasteiger partial charge >= 0.3 is 5.97 Å². The number of hydrogen-bond acceptors (Lipinski definition) is 3. The molecule has 1 aromatic heterocycles. The van der Waals surface area contributed by atoms with Crippen LogP contribution in [-0.4, -0.2) is 16.2 Å². The van der Waals surface area contributed by atoms with Gasteiger partial charge in [0.1, 0.15) is 11.3 Å². The van der Waals surface area contributed by atoms with Gasteiger partial charge in [-0.05, 0) is 31.6 Å². The van der Waals surface area contributed by atoms with Crippen molar-refractivity contribution in [3.8, 4) is 0 Å². The number of carbonyl (C=O) groups is 1. The molecule has 1 heterocycles. The van der Waals surface area contributed by atoms with Gasteiger partial charge in [0.15, 0.2) is 5.76 Å². The maximum atomic E-state index is 11.7. The Morgan fingerprint density at radius 2 is 1.85 bits per heavy atom. The molecule has 1 aromatic rings. The first-order valence-electron chi connectivity index (χ1n) is 7.89. The molecule has 0 bridgehead atoms. The van der Waals surface area contributed by atoms with Gasteiger partial charge in [-0.25, -0.2) is 4.79 Å². The summed E-state index contributed by atoms with van der Waals surface area (Å²) in [6.45, 7) is 2.24. The highest BCUT2D eigenvalue weighted by Crippen LogP contribution is 2.41. The van der Waals surface area contributed by atoms with Crippen LogP contribution >= 0.6 is 0 Å². The lowest BCUT2D eigenvalue weighted by Gasteiger charge is -2.25. The summed E-state index contributed by atoms with van der Waals surface area (Å²) in [6.07, 6.45) is 8.90. The highest BCUT2D eigenvalue weighted by molar-refractivity contribution is 5.90. The van der Waals surface area contributed by atoms with Crippen LogP contribution in [0.1, 0.15) is 91.9 Å². The molecule has 1 N–H and O–H groups in total. The highest BCUT2D eigenvalue weighted by atomic mass is 16.5. The van der Waals surface area contributed by atoms with Crippen molar-refractivity contribution in [1.29, 1.82) is 0 Å². The van der Waals surface area contributed by atoms with Gasteiger partial charge < -0.3 is 9.63 Å². The first kappa shape index (κ1) is 13.7. The Hall–Kier alpha value is -1.32. The monoisotopic (exact) mass is 277 g/mol. The quantitative estimate of drug-likeness (QED) is 0.893. The van der Waals surface area contributed by atoms with E-state index in [1.54, 1.807) is 0 Å². The van der Waals surface area contributed by atoms with Gasteiger partial charge in [0.25, 0.3) is 0 Å². The van der Waals surface area contributed by atoms with Gasteiger partial charge in [-0.2, -0.15) is 0 Å². The van der Waals surface area contributed by atoms with Crippen molar-refractivity contribution < 1.29 is 14.4 Å². The lowest BCUT2D eigenvalue weighted by molar-refractivity contribution is 0.0691. The molecule has 4 heteroatoms. The van der Waals surface area contributed by atoms with Crippen LogP contribution in [0.25, 0.3) is 0 Å². The minimum Gasteiger partial charge on any atom is -0.477 e. The molecule has 3 rings (SSSR count). The summed E-state index contributed by atoms with van der Waals surface area (Å²) in [6, 6.07) is 0. The van der Waals surface area contributed by atoms with Crippen molar-refractivity contribution in [3.05, 3.63) is 17.0 Å². The summed E-state index contributed by atoms with van der Waals surface area (Å²) < 4.78 is 5.50. The van der Waals surface area contributed by atoms with Gasteiger partial charge in [-0.1, -0.05) is 37.8 Å². The molecule has 2 atom stereocenters. The number of aromatic nitrogens is 1. The summed E-state index contributed by atoms with van der Waals surface area (Å²) in [7, 11) is 0. The molecule has 2 fully saturated rings. The van der Waals surface area contributed by atoms with Crippen LogP contribution < -0.4 is 0 Å². The summed E-state index contributed by atoms with van der Waals surface area (Å²) in [4.78, 5) is 11.7. The standard InChI is InChI=1S/C16H23NO3/c1-10-5-4-8-12(9-10)14-13(16(18)19)15(20-17-14)11-6-2-3-7-11/h10-12H,2-9H2,1H3,(H,18,19). The van der Waals surface area contributed by atoms with Crippen LogP contribution in [0.5, 0.6) is 0 Å². The Kier molecular flexibility index (Phi) is 3.81. The Morgan fingerprint density at radius 3 is 2.50 bits per heavy atom. The van der Waals surface area contributed by atoms with E-state index in [4.69, 9.17) is 4.52 Å². The Morgan fingerprint density at radius 1 is 1.15 bits per heavy atom. The average molecular weight is 277 g/mol. The number of rotatable bonds is 3. The van der Waals surface area contributed by atoms with Gasteiger partial charge in [-0.15, -0.1) is 0 Å². The zero-order valence-electron chi connectivity index (χ0n) is 12.1. The molecule has 4 nitrogen and oxygen atoms in total. The van der Waals surface area contributed by atoms with Gasteiger partial charge in [-0.3, -0.25) is 0 Å². The number of nitrogens with zero attached hydrogens (tertiary/aromatic N) is 1. The van der Waals surface area contributed by atoms with Crippen LogP contribution in [-0.2, 0) is 0 Å². The normalized spacial score (nSPS) is 27.9. The zero-order chi connectivity index (χ0) is 14.1. The lowest BCUT2D eigenvalue weighted by Crippen LogP contribution is -2.15. The second kappa shape index (κ2) is 5.58. The predicted octanol–water partition coefficient (Wildman–Crippen LogP) is 4.32. The molecule has 0 radical (unpaired) electrons. The van der Waals surface area contributed by atoms with Crippen molar-refractivity contribution in [1.82, 2.24) is 5.16 Å². The fourth-order valence-corrected chi connectivity index (χ4v) is 3.96. The fourth-order valence-electron chi connectivity index (χ4n) is 3.96. The first-order chi connectivity index (χ1) is 9.66. The van der Waals surface area contributed by atoms with E-state index in [0.29, 0.717) is 22.9 Å². The van der Waals surface area contributed by atoms with Gasteiger partial charge in [0.05, 0.1) is 0 Å². The molecule has 0 aromatic carbocycles. The van der Waals surface area contributed by atoms with E-state index in [0.717, 1.165) is 32.1 Å². The van der Waals surface area contributed by atoms with Gasteiger partial charge in [0.2, 0.25) is 0 Å². The van der Waals surface area contributed by atoms with Crippen LogP contribution in [0.3, 0.4) is 0 Å². The Labute approximate surface area is 119 Å². The smallest absolute Gasteiger partial charge is 0.341 e. The van der Waals surface area contributed by atoms with Crippen LogP contribution in [0.2, 0.25) is 0 Å². The predicted molar refractivity (Wildman–Crippen MR) is 75.0 cm³/mol. The zero-order valence-corrected chi connectivity index (χ0v) is 12.1. The summed E-state index contributed by atoms with van der Waals surface area (Å²) in [5.41, 5.74) is 1.10. The molecule has 110 valence electrons. The Balaban J connectivity index is 1.92. The van der Waals surface area contributed by atoms with E-state index in [1.165, 1.54) is 19.3 Å².